The zero-order chi connectivity index (χ0) is 13.4. The van der Waals surface area contributed by atoms with Gasteiger partial charge in [0.05, 0.1) is 5.52 Å². The monoisotopic (exact) mass is 250 g/mol. The zero-order valence-electron chi connectivity index (χ0n) is 9.64. The van der Waals surface area contributed by atoms with Crippen LogP contribution in [0.15, 0.2) is 42.6 Å². The van der Waals surface area contributed by atoms with Gasteiger partial charge in [0.2, 0.25) is 0 Å². The highest BCUT2D eigenvalue weighted by atomic mass is 16.8. The Morgan fingerprint density at radius 3 is 2.56 bits per heavy atom. The number of aromatic nitrogens is 1. The van der Waals surface area contributed by atoms with Crippen molar-refractivity contribution < 1.29 is 10.2 Å². The summed E-state index contributed by atoms with van der Waals surface area (Å²) in [6.45, 7) is -0.0789. The van der Waals surface area contributed by atoms with Crippen LogP contribution >= 0.6 is 0 Å². The fraction of sp³-hybridized carbons (Fsp3) is 0.182. The van der Waals surface area contributed by atoms with Gasteiger partial charge in [0.25, 0.3) is 0 Å². The summed E-state index contributed by atoms with van der Waals surface area (Å²) in [6, 6.07) is 12.1. The van der Waals surface area contributed by atoms with Crippen LogP contribution in [0.1, 0.15) is 0 Å². The molecular weight excluding hydrogens is 236 g/mol. The van der Waals surface area contributed by atoms with Gasteiger partial charge < -0.3 is 5.73 Å². The minimum Gasteiger partial charge on any atom is -0.328 e. The topological polar surface area (TPSA) is 106 Å². The number of hydrogen-bond donors (Lipinski definition) is 2. The van der Waals surface area contributed by atoms with E-state index in [2.05, 4.69) is 17.1 Å². The summed E-state index contributed by atoms with van der Waals surface area (Å²) in [7, 11) is 0. The summed E-state index contributed by atoms with van der Waals surface area (Å²) < 4.78 is 0. The van der Waals surface area contributed by atoms with Gasteiger partial charge in [-0.15, -0.1) is 0 Å². The smallest absolute Gasteiger partial charge is 0.186 e. The van der Waals surface area contributed by atoms with Gasteiger partial charge in [0.15, 0.2) is 5.03 Å². The molecule has 0 amide bonds. The average Bonchev–Trinajstić information content (AvgIpc) is 2.40. The summed E-state index contributed by atoms with van der Waals surface area (Å²) in [5.41, 5.74) is 5.92. The van der Waals surface area contributed by atoms with E-state index < -0.39 is 5.03 Å². The third-order valence-corrected chi connectivity index (χ3v) is 2.03. The van der Waals surface area contributed by atoms with Crippen LogP contribution < -0.4 is 5.73 Å². The molecule has 0 saturated heterocycles. The molecule has 0 bridgehead atoms. The van der Waals surface area contributed by atoms with Crippen molar-refractivity contribution in [3.63, 3.8) is 0 Å². The molecule has 0 aliphatic carbocycles. The maximum atomic E-state index is 9.52. The first-order chi connectivity index (χ1) is 8.65. The highest BCUT2D eigenvalue weighted by Gasteiger charge is 2.05. The molecule has 0 atom stereocenters. The number of fused-ring (bicyclic) bond motifs is 1. The second kappa shape index (κ2) is 7.15. The number of pyridine rings is 1. The number of nitro groups is 1. The van der Waals surface area contributed by atoms with Crippen LogP contribution in [-0.2, 0) is 0 Å². The highest BCUT2D eigenvalue weighted by molar-refractivity contribution is 5.77. The Hall–Kier alpha value is -2.25. The molecular formula is C11H14N4O3. The van der Waals surface area contributed by atoms with Gasteiger partial charge in [0, 0.05) is 23.3 Å². The summed E-state index contributed by atoms with van der Waals surface area (Å²) >= 11 is 0. The maximum Gasteiger partial charge on any atom is 0.186 e. The minimum absolute atomic E-state index is 0.0556. The molecule has 18 heavy (non-hydrogen) atoms. The van der Waals surface area contributed by atoms with E-state index in [0.29, 0.717) is 0 Å². The SMILES string of the molecule is NCCN(O)[N+](=O)[O-].c1ccc2ncccc2c1. The minimum atomic E-state index is -0.938. The number of rotatable bonds is 3. The van der Waals surface area contributed by atoms with Crippen molar-refractivity contribution in [3.05, 3.63) is 52.7 Å². The second-order valence-corrected chi connectivity index (χ2v) is 3.32. The molecule has 1 heterocycles. The third-order valence-electron chi connectivity index (χ3n) is 2.03. The van der Waals surface area contributed by atoms with Gasteiger partial charge in [0.1, 0.15) is 6.54 Å². The molecule has 7 nitrogen and oxygen atoms in total. The van der Waals surface area contributed by atoms with Gasteiger partial charge in [-0.25, -0.2) is 15.3 Å². The molecule has 3 N–H and O–H groups in total. The van der Waals surface area contributed by atoms with Crippen LogP contribution in [-0.4, -0.2) is 33.5 Å². The maximum absolute atomic E-state index is 9.52. The van der Waals surface area contributed by atoms with E-state index in [9.17, 15) is 10.1 Å². The van der Waals surface area contributed by atoms with E-state index in [4.69, 9.17) is 10.9 Å². The molecule has 0 saturated carbocycles. The lowest BCUT2D eigenvalue weighted by molar-refractivity contribution is -0.727. The van der Waals surface area contributed by atoms with Gasteiger partial charge in [-0.3, -0.25) is 4.98 Å². The fourth-order valence-electron chi connectivity index (χ4n) is 1.21. The first kappa shape index (κ1) is 13.8. The number of benzene rings is 1. The van der Waals surface area contributed by atoms with E-state index in [-0.39, 0.29) is 18.3 Å². The predicted molar refractivity (Wildman–Crippen MR) is 66.3 cm³/mol. The summed E-state index contributed by atoms with van der Waals surface area (Å²) in [5.74, 6) is 0. The molecule has 2 aromatic rings. The lowest BCUT2D eigenvalue weighted by atomic mass is 10.2. The molecule has 0 fully saturated rings. The van der Waals surface area contributed by atoms with E-state index in [1.807, 2.05) is 30.5 Å². The van der Waals surface area contributed by atoms with Crippen molar-refractivity contribution in [1.82, 2.24) is 10.2 Å². The van der Waals surface area contributed by atoms with Crippen molar-refractivity contribution >= 4 is 10.9 Å². The van der Waals surface area contributed by atoms with Crippen LogP contribution in [0.2, 0.25) is 0 Å². The Morgan fingerprint density at radius 1 is 1.33 bits per heavy atom. The highest BCUT2D eigenvalue weighted by Crippen LogP contribution is 2.07. The van der Waals surface area contributed by atoms with Crippen molar-refractivity contribution in [3.8, 4) is 0 Å². The van der Waals surface area contributed by atoms with E-state index >= 15 is 0 Å². The number of hydroxylamine groups is 1. The normalized spacial score (nSPS) is 9.44. The van der Waals surface area contributed by atoms with Gasteiger partial charge in [-0.1, -0.05) is 24.3 Å². The van der Waals surface area contributed by atoms with Crippen molar-refractivity contribution in [2.45, 2.75) is 0 Å². The molecule has 0 radical (unpaired) electrons. The van der Waals surface area contributed by atoms with E-state index in [1.165, 1.54) is 5.39 Å². The van der Waals surface area contributed by atoms with Gasteiger partial charge >= 0.3 is 0 Å². The van der Waals surface area contributed by atoms with Crippen LogP contribution in [0.4, 0.5) is 0 Å². The van der Waals surface area contributed by atoms with Crippen LogP contribution in [0.25, 0.3) is 10.9 Å². The lowest BCUT2D eigenvalue weighted by Gasteiger charge is -2.00. The first-order valence-electron chi connectivity index (χ1n) is 5.25. The Kier molecular flexibility index (Phi) is 5.49. The molecule has 96 valence electrons. The third kappa shape index (κ3) is 4.32. The molecule has 2 rings (SSSR count). The molecule has 7 heteroatoms. The molecule has 0 aliphatic rings. The van der Waals surface area contributed by atoms with Crippen molar-refractivity contribution in [2.24, 2.45) is 5.73 Å². The van der Waals surface area contributed by atoms with Crippen LogP contribution in [0, 0.1) is 10.1 Å². The molecule has 1 aromatic heterocycles. The standard InChI is InChI=1S/C9H7N.C2H7N3O3/c1-2-6-9-8(4-1)5-3-7-10-9;3-1-2-4(6)5(7)8/h1-7H;6H,1-3H2. The fourth-order valence-corrected chi connectivity index (χ4v) is 1.21. The summed E-state index contributed by atoms with van der Waals surface area (Å²) in [6.07, 6.45) is 1.81. The Labute approximate surface area is 104 Å². The predicted octanol–water partition coefficient (Wildman–Crippen LogP) is 1.06. The molecule has 0 unspecified atom stereocenters. The molecule has 0 aliphatic heterocycles. The summed E-state index contributed by atoms with van der Waals surface area (Å²) in [5, 5.41) is 17.9. The number of hydrogen-bond acceptors (Lipinski definition) is 5. The number of para-hydroxylation sites is 1. The second-order valence-electron chi connectivity index (χ2n) is 3.32. The van der Waals surface area contributed by atoms with Gasteiger partial charge in [-0.05, 0) is 12.1 Å². The van der Waals surface area contributed by atoms with E-state index in [1.54, 1.807) is 0 Å². The number of nitrogens with two attached hydrogens (primary N) is 1. The van der Waals surface area contributed by atoms with Gasteiger partial charge in [-0.2, -0.15) is 0 Å². The van der Waals surface area contributed by atoms with Crippen LogP contribution in [0.3, 0.4) is 0 Å². The quantitative estimate of drug-likeness (QED) is 0.623. The van der Waals surface area contributed by atoms with Crippen molar-refractivity contribution in [1.29, 1.82) is 0 Å². The average molecular weight is 250 g/mol. The van der Waals surface area contributed by atoms with Crippen molar-refractivity contribution in [2.75, 3.05) is 13.1 Å². The molecule has 0 spiro atoms. The largest absolute Gasteiger partial charge is 0.328 e. The number of nitrogens with zero attached hydrogens (tertiary/aromatic N) is 3. The molecule has 1 aromatic carbocycles. The summed E-state index contributed by atoms with van der Waals surface area (Å²) in [4.78, 5) is 13.7. The first-order valence-corrected chi connectivity index (χ1v) is 5.25. The van der Waals surface area contributed by atoms with E-state index in [0.717, 1.165) is 5.52 Å². The Balaban J connectivity index is 0.000000187. The zero-order valence-corrected chi connectivity index (χ0v) is 9.64. The Morgan fingerprint density at radius 2 is 2.00 bits per heavy atom. The van der Waals surface area contributed by atoms with Crippen LogP contribution in [0.5, 0.6) is 0 Å². The lowest BCUT2D eigenvalue weighted by Crippen LogP contribution is -2.31. The number of hydrazine groups is 1. The Bertz CT molecular complexity index is 441.